The number of hydrogen-bond donors (Lipinski definition) is 2. The summed E-state index contributed by atoms with van der Waals surface area (Å²) in [5.74, 6) is 2.31. The highest BCUT2D eigenvalue weighted by molar-refractivity contribution is 7.99. The third-order valence-electron chi connectivity index (χ3n) is 3.79. The molecule has 0 aromatic rings. The van der Waals surface area contributed by atoms with Crippen molar-refractivity contribution in [2.45, 2.75) is 38.3 Å². The molecule has 2 rings (SSSR count). The number of likely N-dealkylation sites (tertiary alicyclic amines) is 1. The first-order valence-electron chi connectivity index (χ1n) is 7.71. The van der Waals surface area contributed by atoms with Crippen molar-refractivity contribution >= 4 is 23.8 Å². The van der Waals surface area contributed by atoms with Crippen LogP contribution in [0.15, 0.2) is 0 Å². The minimum atomic E-state index is -0.387. The molecule has 7 heteroatoms. The first kappa shape index (κ1) is 16.4. The quantitative estimate of drug-likeness (QED) is 0.804. The van der Waals surface area contributed by atoms with Crippen LogP contribution in [0.3, 0.4) is 0 Å². The van der Waals surface area contributed by atoms with Gasteiger partial charge in [-0.1, -0.05) is 0 Å². The molecule has 120 valence electrons. The number of alkyl carbamates (subject to hydrolysis) is 1. The van der Waals surface area contributed by atoms with Crippen LogP contribution >= 0.6 is 11.8 Å². The SMILES string of the molecule is CCOC(=O)NC1CCCN(C(=O)CC2CSCCN2)C1. The lowest BCUT2D eigenvalue weighted by Crippen LogP contribution is -2.51. The lowest BCUT2D eigenvalue weighted by molar-refractivity contribution is -0.133. The second-order valence-electron chi connectivity index (χ2n) is 5.47. The molecule has 21 heavy (non-hydrogen) atoms. The molecule has 0 aromatic carbocycles. The summed E-state index contributed by atoms with van der Waals surface area (Å²) in [7, 11) is 0. The highest BCUT2D eigenvalue weighted by Crippen LogP contribution is 2.15. The molecule has 2 fully saturated rings. The molecule has 2 saturated heterocycles. The number of nitrogens with one attached hydrogen (secondary N) is 2. The zero-order valence-corrected chi connectivity index (χ0v) is 13.4. The van der Waals surface area contributed by atoms with E-state index >= 15 is 0 Å². The van der Waals surface area contributed by atoms with Crippen LogP contribution in [0.4, 0.5) is 4.79 Å². The molecule has 2 aliphatic heterocycles. The lowest BCUT2D eigenvalue weighted by atomic mass is 10.0. The van der Waals surface area contributed by atoms with Crippen LogP contribution in [0, 0.1) is 0 Å². The lowest BCUT2D eigenvalue weighted by Gasteiger charge is -2.34. The average Bonchev–Trinajstić information content (AvgIpc) is 2.48. The molecule has 2 N–H and O–H groups in total. The topological polar surface area (TPSA) is 70.7 Å². The molecular weight excluding hydrogens is 290 g/mol. The maximum Gasteiger partial charge on any atom is 0.407 e. The van der Waals surface area contributed by atoms with Gasteiger partial charge in [-0.15, -0.1) is 0 Å². The molecular formula is C14H25N3O3S. The van der Waals surface area contributed by atoms with Gasteiger partial charge in [0.25, 0.3) is 0 Å². The third kappa shape index (κ3) is 5.39. The molecule has 2 aliphatic rings. The molecule has 2 heterocycles. The third-order valence-corrected chi connectivity index (χ3v) is 4.92. The standard InChI is InChI=1S/C14H25N3O3S/c1-2-20-14(19)16-11-4-3-6-17(9-11)13(18)8-12-10-21-7-5-15-12/h11-12,15H,2-10H2,1H3,(H,16,19). The number of hydrogen-bond acceptors (Lipinski definition) is 5. The number of ether oxygens (including phenoxy) is 1. The van der Waals surface area contributed by atoms with E-state index in [2.05, 4.69) is 10.6 Å². The number of piperidine rings is 1. The van der Waals surface area contributed by atoms with Gasteiger partial charge in [0.2, 0.25) is 5.91 Å². The van der Waals surface area contributed by atoms with E-state index in [9.17, 15) is 9.59 Å². The Labute approximate surface area is 130 Å². The van der Waals surface area contributed by atoms with Crippen LogP contribution in [0.5, 0.6) is 0 Å². The summed E-state index contributed by atoms with van der Waals surface area (Å²) in [5.41, 5.74) is 0. The summed E-state index contributed by atoms with van der Waals surface area (Å²) in [6.07, 6.45) is 2.00. The highest BCUT2D eigenvalue weighted by atomic mass is 32.2. The second-order valence-corrected chi connectivity index (χ2v) is 6.62. The fourth-order valence-corrected chi connectivity index (χ4v) is 3.70. The Morgan fingerprint density at radius 1 is 1.48 bits per heavy atom. The molecule has 0 aromatic heterocycles. The van der Waals surface area contributed by atoms with Gasteiger partial charge in [-0.3, -0.25) is 4.79 Å². The van der Waals surface area contributed by atoms with Crippen LogP contribution in [0.25, 0.3) is 0 Å². The number of rotatable bonds is 4. The van der Waals surface area contributed by atoms with Gasteiger partial charge >= 0.3 is 6.09 Å². The first-order chi connectivity index (χ1) is 10.2. The zero-order chi connectivity index (χ0) is 15.1. The smallest absolute Gasteiger partial charge is 0.407 e. The molecule has 6 nitrogen and oxygen atoms in total. The first-order valence-corrected chi connectivity index (χ1v) is 8.86. The Bertz CT molecular complexity index is 361. The van der Waals surface area contributed by atoms with Crippen molar-refractivity contribution in [2.75, 3.05) is 37.7 Å². The number of amides is 2. The Balaban J connectivity index is 1.76. The van der Waals surface area contributed by atoms with Crippen molar-refractivity contribution < 1.29 is 14.3 Å². The van der Waals surface area contributed by atoms with E-state index in [-0.39, 0.29) is 24.1 Å². The Morgan fingerprint density at radius 3 is 3.05 bits per heavy atom. The van der Waals surface area contributed by atoms with Crippen molar-refractivity contribution in [3.63, 3.8) is 0 Å². The van der Waals surface area contributed by atoms with Gasteiger partial charge in [-0.25, -0.2) is 4.79 Å². The van der Waals surface area contributed by atoms with E-state index in [1.54, 1.807) is 6.92 Å². The van der Waals surface area contributed by atoms with Gasteiger partial charge in [0.1, 0.15) is 0 Å². The molecule has 0 aliphatic carbocycles. The van der Waals surface area contributed by atoms with E-state index < -0.39 is 0 Å². The van der Waals surface area contributed by atoms with Crippen molar-refractivity contribution in [2.24, 2.45) is 0 Å². The van der Waals surface area contributed by atoms with Crippen molar-refractivity contribution in [3.05, 3.63) is 0 Å². The van der Waals surface area contributed by atoms with Crippen LogP contribution in [-0.4, -0.2) is 66.7 Å². The molecule has 2 unspecified atom stereocenters. The summed E-state index contributed by atoms with van der Waals surface area (Å²) in [5, 5.41) is 6.22. The van der Waals surface area contributed by atoms with Gasteiger partial charge in [0, 0.05) is 49.6 Å². The van der Waals surface area contributed by atoms with Crippen molar-refractivity contribution in [1.29, 1.82) is 0 Å². The molecule has 0 spiro atoms. The number of carbonyl (C=O) groups is 2. The number of thioether (sulfide) groups is 1. The predicted octanol–water partition coefficient (Wildman–Crippen LogP) is 0.819. The maximum atomic E-state index is 12.4. The van der Waals surface area contributed by atoms with E-state index in [1.807, 2.05) is 16.7 Å². The van der Waals surface area contributed by atoms with Crippen molar-refractivity contribution in [3.8, 4) is 0 Å². The monoisotopic (exact) mass is 315 g/mol. The van der Waals surface area contributed by atoms with Gasteiger partial charge in [0.05, 0.1) is 6.61 Å². The van der Waals surface area contributed by atoms with Crippen LogP contribution in [0.1, 0.15) is 26.2 Å². The summed E-state index contributed by atoms with van der Waals surface area (Å²) in [6.45, 7) is 4.52. The Kier molecular flexibility index (Phi) is 6.63. The molecule has 0 radical (unpaired) electrons. The number of carbonyl (C=O) groups excluding carboxylic acids is 2. The minimum Gasteiger partial charge on any atom is -0.450 e. The second kappa shape index (κ2) is 8.48. The normalized spacial score (nSPS) is 26.2. The van der Waals surface area contributed by atoms with Crippen LogP contribution in [0.2, 0.25) is 0 Å². The van der Waals surface area contributed by atoms with Gasteiger partial charge in [0.15, 0.2) is 0 Å². The van der Waals surface area contributed by atoms with E-state index in [4.69, 9.17) is 4.74 Å². The molecule has 2 amide bonds. The number of nitrogens with zero attached hydrogens (tertiary/aromatic N) is 1. The van der Waals surface area contributed by atoms with E-state index in [0.29, 0.717) is 19.6 Å². The Hall–Kier alpha value is -0.950. The molecule has 0 saturated carbocycles. The van der Waals surface area contributed by atoms with Gasteiger partial charge in [-0.05, 0) is 19.8 Å². The van der Waals surface area contributed by atoms with Gasteiger partial charge < -0.3 is 20.3 Å². The van der Waals surface area contributed by atoms with Crippen LogP contribution in [-0.2, 0) is 9.53 Å². The van der Waals surface area contributed by atoms with Gasteiger partial charge in [-0.2, -0.15) is 11.8 Å². The molecule has 0 bridgehead atoms. The fourth-order valence-electron chi connectivity index (χ4n) is 2.75. The van der Waals surface area contributed by atoms with E-state index in [0.717, 1.165) is 37.4 Å². The fraction of sp³-hybridized carbons (Fsp3) is 0.857. The zero-order valence-electron chi connectivity index (χ0n) is 12.6. The summed E-state index contributed by atoms with van der Waals surface area (Å²) < 4.78 is 4.90. The molecule has 2 atom stereocenters. The predicted molar refractivity (Wildman–Crippen MR) is 83.5 cm³/mol. The summed E-state index contributed by atoms with van der Waals surface area (Å²) in [6, 6.07) is 0.296. The average molecular weight is 315 g/mol. The van der Waals surface area contributed by atoms with Crippen LogP contribution < -0.4 is 10.6 Å². The largest absolute Gasteiger partial charge is 0.450 e. The minimum absolute atomic E-state index is 0.00967. The van der Waals surface area contributed by atoms with E-state index in [1.165, 1.54) is 0 Å². The summed E-state index contributed by atoms with van der Waals surface area (Å²) in [4.78, 5) is 25.7. The summed E-state index contributed by atoms with van der Waals surface area (Å²) >= 11 is 1.90. The Morgan fingerprint density at radius 2 is 2.33 bits per heavy atom. The van der Waals surface area contributed by atoms with Crippen molar-refractivity contribution in [1.82, 2.24) is 15.5 Å². The highest BCUT2D eigenvalue weighted by Gasteiger charge is 2.27. The maximum absolute atomic E-state index is 12.4.